The molecular weight excluding hydrogens is 320 g/mol. The topological polar surface area (TPSA) is 57.3 Å². The van der Waals surface area contributed by atoms with Gasteiger partial charge in [-0.05, 0) is 30.4 Å². The Kier molecular flexibility index (Phi) is 6.37. The second kappa shape index (κ2) is 8.72. The fraction of sp³-hybridized carbons (Fsp3) is 0.667. The van der Waals surface area contributed by atoms with E-state index >= 15 is 0 Å². The minimum atomic E-state index is 0.115. The van der Waals surface area contributed by atoms with Crippen LogP contribution >= 0.6 is 11.8 Å². The third-order valence-corrected chi connectivity index (χ3v) is 5.97. The molecule has 24 heavy (non-hydrogen) atoms. The molecule has 132 valence electrons. The number of aromatic nitrogens is 1. The number of carbonyl (C=O) groups excluding carboxylic acids is 1. The predicted molar refractivity (Wildman–Crippen MR) is 100 cm³/mol. The van der Waals surface area contributed by atoms with Crippen molar-refractivity contribution in [1.82, 2.24) is 15.6 Å². The lowest BCUT2D eigenvalue weighted by Crippen LogP contribution is -2.41. The quantitative estimate of drug-likeness (QED) is 0.853. The molecule has 6 heteroatoms. The molecule has 1 aromatic rings. The number of piperidine rings is 1. The summed E-state index contributed by atoms with van der Waals surface area (Å²) in [5.74, 6) is 4.17. The Morgan fingerprint density at radius 1 is 1.42 bits per heavy atom. The molecule has 0 aromatic carbocycles. The molecule has 0 radical (unpaired) electrons. The van der Waals surface area contributed by atoms with Crippen molar-refractivity contribution in [2.75, 3.05) is 36.0 Å². The lowest BCUT2D eigenvalue weighted by molar-refractivity contribution is -0.121. The number of thioether (sulfide) groups is 1. The van der Waals surface area contributed by atoms with E-state index in [1.54, 1.807) is 0 Å². The molecule has 0 spiro atoms. The minimum absolute atomic E-state index is 0.115. The summed E-state index contributed by atoms with van der Waals surface area (Å²) >= 11 is 1.92. The van der Waals surface area contributed by atoms with E-state index in [0.717, 1.165) is 48.4 Å². The largest absolute Gasteiger partial charge is 0.357 e. The maximum absolute atomic E-state index is 12.0. The molecule has 1 unspecified atom stereocenters. The van der Waals surface area contributed by atoms with Crippen LogP contribution in [0, 0.1) is 5.92 Å². The number of anilines is 1. The molecule has 3 heterocycles. The molecule has 5 nitrogen and oxygen atoms in total. The molecule has 2 aliphatic heterocycles. The van der Waals surface area contributed by atoms with Gasteiger partial charge < -0.3 is 15.5 Å². The summed E-state index contributed by atoms with van der Waals surface area (Å²) < 4.78 is 0. The number of carbonyl (C=O) groups is 1. The van der Waals surface area contributed by atoms with Gasteiger partial charge in [0.05, 0.1) is 0 Å². The van der Waals surface area contributed by atoms with Gasteiger partial charge in [0.25, 0.3) is 0 Å². The fourth-order valence-electron chi connectivity index (χ4n) is 3.19. The zero-order valence-electron chi connectivity index (χ0n) is 14.5. The molecule has 2 aliphatic rings. The van der Waals surface area contributed by atoms with Gasteiger partial charge in [0.2, 0.25) is 5.91 Å². The molecule has 1 aromatic heterocycles. The molecule has 1 amide bonds. The molecule has 3 rings (SSSR count). The van der Waals surface area contributed by atoms with Crippen LogP contribution in [0.1, 0.15) is 31.7 Å². The Morgan fingerprint density at radius 2 is 2.25 bits per heavy atom. The predicted octanol–water partition coefficient (Wildman–Crippen LogP) is 2.03. The first-order valence-electron chi connectivity index (χ1n) is 8.98. The monoisotopic (exact) mass is 348 g/mol. The van der Waals surface area contributed by atoms with E-state index in [0.29, 0.717) is 19.0 Å². The zero-order valence-corrected chi connectivity index (χ0v) is 15.3. The van der Waals surface area contributed by atoms with Gasteiger partial charge in [0, 0.05) is 56.3 Å². The summed E-state index contributed by atoms with van der Waals surface area (Å²) in [6.45, 7) is 6.07. The van der Waals surface area contributed by atoms with Crippen molar-refractivity contribution >= 4 is 23.5 Å². The number of nitrogens with zero attached hydrogens (tertiary/aromatic N) is 2. The smallest absolute Gasteiger partial charge is 0.221 e. The van der Waals surface area contributed by atoms with Gasteiger partial charge >= 0.3 is 0 Å². The SMILES string of the molecule is CC1CCN(c2ccc(CNC(=O)CC3CSCCN3)cn2)CC1. The van der Waals surface area contributed by atoms with Gasteiger partial charge in [-0.3, -0.25) is 4.79 Å². The van der Waals surface area contributed by atoms with Crippen molar-refractivity contribution in [2.45, 2.75) is 38.8 Å². The van der Waals surface area contributed by atoms with E-state index in [-0.39, 0.29) is 5.91 Å². The Labute approximate surface area is 149 Å². The van der Waals surface area contributed by atoms with Crippen LogP contribution in [-0.2, 0) is 11.3 Å². The van der Waals surface area contributed by atoms with Gasteiger partial charge in [0.1, 0.15) is 5.82 Å². The summed E-state index contributed by atoms with van der Waals surface area (Å²) in [6.07, 6.45) is 4.94. The fourth-order valence-corrected chi connectivity index (χ4v) is 4.14. The third-order valence-electron chi connectivity index (χ3n) is 4.84. The Morgan fingerprint density at radius 3 is 2.92 bits per heavy atom. The van der Waals surface area contributed by atoms with Gasteiger partial charge in [-0.2, -0.15) is 11.8 Å². The van der Waals surface area contributed by atoms with Gasteiger partial charge in [-0.25, -0.2) is 4.98 Å². The Balaban J connectivity index is 1.43. The second-order valence-corrected chi connectivity index (χ2v) is 8.05. The van der Waals surface area contributed by atoms with E-state index < -0.39 is 0 Å². The molecule has 2 N–H and O–H groups in total. The van der Waals surface area contributed by atoms with Crippen LogP contribution in [-0.4, -0.2) is 48.1 Å². The highest BCUT2D eigenvalue weighted by atomic mass is 32.2. The number of hydrogen-bond donors (Lipinski definition) is 2. The maximum Gasteiger partial charge on any atom is 0.221 e. The minimum Gasteiger partial charge on any atom is -0.357 e. The van der Waals surface area contributed by atoms with Crippen molar-refractivity contribution in [1.29, 1.82) is 0 Å². The van der Waals surface area contributed by atoms with Crippen LogP contribution in [0.4, 0.5) is 5.82 Å². The first-order valence-corrected chi connectivity index (χ1v) is 10.1. The van der Waals surface area contributed by atoms with E-state index in [1.165, 1.54) is 12.8 Å². The van der Waals surface area contributed by atoms with Crippen LogP contribution < -0.4 is 15.5 Å². The highest BCUT2D eigenvalue weighted by Crippen LogP contribution is 2.21. The normalized spacial score (nSPS) is 22.4. The number of rotatable bonds is 5. The molecule has 2 saturated heterocycles. The second-order valence-electron chi connectivity index (χ2n) is 6.90. The maximum atomic E-state index is 12.0. The lowest BCUT2D eigenvalue weighted by Gasteiger charge is -2.31. The number of hydrogen-bond acceptors (Lipinski definition) is 5. The summed E-state index contributed by atoms with van der Waals surface area (Å²) in [5.41, 5.74) is 1.06. The molecule has 0 saturated carbocycles. The third kappa shape index (κ3) is 5.11. The Bertz CT molecular complexity index is 522. The van der Waals surface area contributed by atoms with E-state index in [2.05, 4.69) is 39.6 Å². The lowest BCUT2D eigenvalue weighted by atomic mass is 9.99. The standard InChI is InChI=1S/C18H28N4OS/c1-14-4-7-22(8-5-14)17-3-2-15(11-20-17)12-21-18(23)10-16-13-24-9-6-19-16/h2-3,11,14,16,19H,4-10,12-13H2,1H3,(H,21,23). The van der Waals surface area contributed by atoms with Crippen molar-refractivity contribution in [3.63, 3.8) is 0 Å². The highest BCUT2D eigenvalue weighted by molar-refractivity contribution is 7.99. The summed E-state index contributed by atoms with van der Waals surface area (Å²) in [6, 6.07) is 4.47. The Hall–Kier alpha value is -1.27. The van der Waals surface area contributed by atoms with Crippen molar-refractivity contribution in [2.24, 2.45) is 5.92 Å². The number of amides is 1. The molecular formula is C18H28N4OS. The van der Waals surface area contributed by atoms with Crippen molar-refractivity contribution in [3.8, 4) is 0 Å². The van der Waals surface area contributed by atoms with E-state index in [4.69, 9.17) is 0 Å². The van der Waals surface area contributed by atoms with Crippen molar-refractivity contribution < 1.29 is 4.79 Å². The first kappa shape index (κ1) is 17.5. The number of nitrogens with one attached hydrogen (secondary N) is 2. The molecule has 0 bridgehead atoms. The van der Waals surface area contributed by atoms with Crippen LogP contribution in [0.25, 0.3) is 0 Å². The summed E-state index contributed by atoms with van der Waals surface area (Å²) in [7, 11) is 0. The summed E-state index contributed by atoms with van der Waals surface area (Å²) in [4.78, 5) is 19.0. The van der Waals surface area contributed by atoms with E-state index in [9.17, 15) is 4.79 Å². The zero-order chi connectivity index (χ0) is 16.8. The highest BCUT2D eigenvalue weighted by Gasteiger charge is 2.18. The molecule has 2 fully saturated rings. The van der Waals surface area contributed by atoms with Crippen LogP contribution in [0.15, 0.2) is 18.3 Å². The van der Waals surface area contributed by atoms with Crippen LogP contribution in [0.5, 0.6) is 0 Å². The summed E-state index contributed by atoms with van der Waals surface area (Å²) in [5, 5.41) is 6.40. The first-order chi connectivity index (χ1) is 11.7. The molecule has 0 aliphatic carbocycles. The van der Waals surface area contributed by atoms with E-state index in [1.807, 2.05) is 18.0 Å². The van der Waals surface area contributed by atoms with Crippen LogP contribution in [0.3, 0.4) is 0 Å². The molecule has 1 atom stereocenters. The van der Waals surface area contributed by atoms with Gasteiger partial charge in [-0.15, -0.1) is 0 Å². The van der Waals surface area contributed by atoms with Gasteiger partial charge in [0.15, 0.2) is 0 Å². The van der Waals surface area contributed by atoms with Gasteiger partial charge in [-0.1, -0.05) is 13.0 Å². The average molecular weight is 349 g/mol. The van der Waals surface area contributed by atoms with Crippen molar-refractivity contribution in [3.05, 3.63) is 23.9 Å². The average Bonchev–Trinajstić information content (AvgIpc) is 2.62. The van der Waals surface area contributed by atoms with Crippen LogP contribution in [0.2, 0.25) is 0 Å². The number of pyridine rings is 1.